The minimum atomic E-state index is -1.20. The number of fused-ring (bicyclic) bond motifs is 1. The van der Waals surface area contributed by atoms with Crippen LogP contribution in [0.4, 0.5) is 15.8 Å². The van der Waals surface area contributed by atoms with E-state index < -0.39 is 23.2 Å². The first-order valence-electron chi connectivity index (χ1n) is 11.2. The average Bonchev–Trinajstić information content (AvgIpc) is 2.78. The summed E-state index contributed by atoms with van der Waals surface area (Å²) in [6.45, 7) is 2.88. The van der Waals surface area contributed by atoms with Crippen molar-refractivity contribution in [1.82, 2.24) is 5.32 Å². The van der Waals surface area contributed by atoms with Crippen molar-refractivity contribution in [3.63, 3.8) is 0 Å². The van der Waals surface area contributed by atoms with Crippen LogP contribution in [0.25, 0.3) is 0 Å². The van der Waals surface area contributed by atoms with Crippen LogP contribution in [-0.4, -0.2) is 35.9 Å². The summed E-state index contributed by atoms with van der Waals surface area (Å²) in [5.41, 5.74) is -0.450. The van der Waals surface area contributed by atoms with Crippen LogP contribution >= 0.6 is 0 Å². The molecule has 2 aliphatic rings. The third kappa shape index (κ3) is 4.99. The average molecular weight is 454 g/mol. The molecule has 1 aliphatic heterocycles. The molecule has 1 fully saturated rings. The number of para-hydroxylation sites is 1. The van der Waals surface area contributed by atoms with Gasteiger partial charge in [-0.2, -0.15) is 0 Å². The van der Waals surface area contributed by atoms with Gasteiger partial charge in [-0.25, -0.2) is 4.39 Å². The predicted octanol–water partition coefficient (Wildman–Crippen LogP) is 4.03. The van der Waals surface area contributed by atoms with E-state index in [-0.39, 0.29) is 24.2 Å². The Morgan fingerprint density at radius 2 is 1.85 bits per heavy atom. The molecule has 1 heterocycles. The molecule has 0 atom stereocenters. The third-order valence-electron chi connectivity index (χ3n) is 6.03. The van der Waals surface area contributed by atoms with Crippen molar-refractivity contribution in [2.45, 2.75) is 57.6 Å². The SMILES string of the molecule is CC1(C)Oc2ccc(C(=O)NC3CCCCC3)cc2N(CC(=O)Nc2ccccc2F)C1=O. The first-order valence-corrected chi connectivity index (χ1v) is 11.2. The Morgan fingerprint density at radius 3 is 2.58 bits per heavy atom. The second-order valence-corrected chi connectivity index (χ2v) is 9.02. The standard InChI is InChI=1S/C25H28FN3O4/c1-25(2)24(32)29(15-22(30)28-19-11-7-6-10-18(19)26)20-14-16(12-13-21(20)33-25)23(31)27-17-8-4-3-5-9-17/h6-7,10-14,17H,3-5,8-9,15H2,1-2H3,(H,27,31)(H,28,30). The lowest BCUT2D eigenvalue weighted by Crippen LogP contribution is -2.54. The summed E-state index contributed by atoms with van der Waals surface area (Å²) in [4.78, 5) is 39.9. The van der Waals surface area contributed by atoms with Gasteiger partial charge in [-0.05, 0) is 57.0 Å². The highest BCUT2D eigenvalue weighted by molar-refractivity contribution is 6.08. The van der Waals surface area contributed by atoms with Crippen molar-refractivity contribution in [3.05, 3.63) is 53.8 Å². The summed E-state index contributed by atoms with van der Waals surface area (Å²) in [6.07, 6.45) is 5.28. The number of hydrogen-bond donors (Lipinski definition) is 2. The molecule has 174 valence electrons. The minimum absolute atomic E-state index is 0.0308. The smallest absolute Gasteiger partial charge is 0.271 e. The quantitative estimate of drug-likeness (QED) is 0.716. The van der Waals surface area contributed by atoms with Crippen LogP contribution in [0.5, 0.6) is 5.75 Å². The van der Waals surface area contributed by atoms with Crippen LogP contribution in [0.1, 0.15) is 56.3 Å². The van der Waals surface area contributed by atoms with E-state index in [2.05, 4.69) is 10.6 Å². The van der Waals surface area contributed by atoms with E-state index in [1.54, 1.807) is 38.1 Å². The van der Waals surface area contributed by atoms with Gasteiger partial charge in [0.25, 0.3) is 11.8 Å². The molecule has 1 saturated carbocycles. The number of rotatable bonds is 5. The zero-order valence-electron chi connectivity index (χ0n) is 18.8. The van der Waals surface area contributed by atoms with Crippen LogP contribution in [0.15, 0.2) is 42.5 Å². The zero-order chi connectivity index (χ0) is 23.6. The van der Waals surface area contributed by atoms with Gasteiger partial charge in [0.05, 0.1) is 11.4 Å². The number of nitrogens with one attached hydrogen (secondary N) is 2. The molecule has 8 heteroatoms. The molecule has 0 bridgehead atoms. The lowest BCUT2D eigenvalue weighted by atomic mass is 9.95. The first kappa shape index (κ1) is 22.8. The van der Waals surface area contributed by atoms with Crippen LogP contribution < -0.4 is 20.3 Å². The lowest BCUT2D eigenvalue weighted by Gasteiger charge is -2.38. The molecule has 0 aromatic heterocycles. The van der Waals surface area contributed by atoms with E-state index in [4.69, 9.17) is 4.74 Å². The van der Waals surface area contributed by atoms with Crippen molar-refractivity contribution in [2.75, 3.05) is 16.8 Å². The van der Waals surface area contributed by atoms with Gasteiger partial charge in [-0.15, -0.1) is 0 Å². The molecule has 0 saturated heterocycles. The van der Waals surface area contributed by atoms with Gasteiger partial charge >= 0.3 is 0 Å². The van der Waals surface area contributed by atoms with Crippen molar-refractivity contribution in [2.24, 2.45) is 0 Å². The molecule has 1 aliphatic carbocycles. The van der Waals surface area contributed by atoms with Crippen molar-refractivity contribution in [1.29, 1.82) is 0 Å². The highest BCUT2D eigenvalue weighted by Crippen LogP contribution is 2.38. The Morgan fingerprint density at radius 1 is 1.12 bits per heavy atom. The topological polar surface area (TPSA) is 87.7 Å². The summed E-state index contributed by atoms with van der Waals surface area (Å²) in [7, 11) is 0. The van der Waals surface area contributed by atoms with E-state index in [9.17, 15) is 18.8 Å². The van der Waals surface area contributed by atoms with Crippen LogP contribution in [0, 0.1) is 5.82 Å². The highest BCUT2D eigenvalue weighted by Gasteiger charge is 2.42. The fourth-order valence-corrected chi connectivity index (χ4v) is 4.28. The third-order valence-corrected chi connectivity index (χ3v) is 6.03. The Hall–Kier alpha value is -3.42. The van der Waals surface area contributed by atoms with Gasteiger partial charge in [0.1, 0.15) is 18.1 Å². The zero-order valence-corrected chi connectivity index (χ0v) is 18.8. The molecule has 2 aromatic rings. The largest absolute Gasteiger partial charge is 0.476 e. The Labute approximate surface area is 192 Å². The Balaban J connectivity index is 1.57. The second kappa shape index (κ2) is 9.21. The first-order chi connectivity index (χ1) is 15.7. The molecule has 4 rings (SSSR count). The number of anilines is 2. The number of carbonyl (C=O) groups is 3. The number of nitrogens with zero attached hydrogens (tertiary/aromatic N) is 1. The Kier molecular flexibility index (Phi) is 6.35. The van der Waals surface area contributed by atoms with E-state index in [0.29, 0.717) is 17.0 Å². The maximum atomic E-state index is 13.9. The van der Waals surface area contributed by atoms with E-state index in [1.165, 1.54) is 29.5 Å². The van der Waals surface area contributed by atoms with Gasteiger partial charge in [-0.1, -0.05) is 31.4 Å². The fraction of sp³-hybridized carbons (Fsp3) is 0.400. The van der Waals surface area contributed by atoms with Gasteiger partial charge in [0.2, 0.25) is 5.91 Å². The molecule has 3 amide bonds. The lowest BCUT2D eigenvalue weighted by molar-refractivity contribution is -0.133. The van der Waals surface area contributed by atoms with Gasteiger partial charge < -0.3 is 15.4 Å². The number of amides is 3. The number of ether oxygens (including phenoxy) is 1. The number of hydrogen-bond acceptors (Lipinski definition) is 4. The predicted molar refractivity (Wildman–Crippen MR) is 123 cm³/mol. The van der Waals surface area contributed by atoms with Gasteiger partial charge in [0, 0.05) is 11.6 Å². The molecule has 0 spiro atoms. The molecule has 2 aromatic carbocycles. The number of benzene rings is 2. The summed E-state index contributed by atoms with van der Waals surface area (Å²) >= 11 is 0. The maximum absolute atomic E-state index is 13.9. The molecular formula is C25H28FN3O4. The molecular weight excluding hydrogens is 425 g/mol. The van der Waals surface area contributed by atoms with Crippen LogP contribution in [0.3, 0.4) is 0 Å². The Bertz CT molecular complexity index is 1080. The maximum Gasteiger partial charge on any atom is 0.271 e. The molecule has 2 N–H and O–H groups in total. The molecule has 0 unspecified atom stereocenters. The number of carbonyl (C=O) groups excluding carboxylic acids is 3. The van der Waals surface area contributed by atoms with E-state index in [1.807, 2.05) is 0 Å². The van der Waals surface area contributed by atoms with Gasteiger partial charge in [0.15, 0.2) is 5.60 Å². The summed E-state index contributed by atoms with van der Waals surface area (Å²) in [5.74, 6) is -1.38. The van der Waals surface area contributed by atoms with E-state index in [0.717, 1.165) is 25.7 Å². The van der Waals surface area contributed by atoms with Crippen molar-refractivity contribution in [3.8, 4) is 5.75 Å². The highest BCUT2D eigenvalue weighted by atomic mass is 19.1. The summed E-state index contributed by atoms with van der Waals surface area (Å²) < 4.78 is 19.8. The van der Waals surface area contributed by atoms with Crippen LogP contribution in [0.2, 0.25) is 0 Å². The second-order valence-electron chi connectivity index (χ2n) is 9.02. The van der Waals surface area contributed by atoms with Crippen molar-refractivity contribution < 1.29 is 23.5 Å². The summed E-state index contributed by atoms with van der Waals surface area (Å²) in [5, 5.41) is 5.56. The van der Waals surface area contributed by atoms with Gasteiger partial charge in [-0.3, -0.25) is 19.3 Å². The fourth-order valence-electron chi connectivity index (χ4n) is 4.28. The number of halogens is 1. The van der Waals surface area contributed by atoms with Crippen LogP contribution in [-0.2, 0) is 9.59 Å². The monoisotopic (exact) mass is 453 g/mol. The molecule has 33 heavy (non-hydrogen) atoms. The minimum Gasteiger partial charge on any atom is -0.476 e. The molecule has 0 radical (unpaired) electrons. The normalized spacial score (nSPS) is 17.7. The summed E-state index contributed by atoms with van der Waals surface area (Å²) in [6, 6.07) is 10.8. The molecule has 7 nitrogen and oxygen atoms in total. The van der Waals surface area contributed by atoms with Crippen molar-refractivity contribution >= 4 is 29.1 Å². The van der Waals surface area contributed by atoms with E-state index >= 15 is 0 Å².